The van der Waals surface area contributed by atoms with Gasteiger partial charge in [-0.3, -0.25) is 0 Å². The molecule has 0 saturated carbocycles. The highest BCUT2D eigenvalue weighted by molar-refractivity contribution is 9.10. The van der Waals surface area contributed by atoms with Gasteiger partial charge in [-0.05, 0) is 30.3 Å². The molecule has 2 aromatic carbocycles. The number of rotatable bonds is 3. The third kappa shape index (κ3) is 2.92. The van der Waals surface area contributed by atoms with E-state index in [-0.39, 0.29) is 11.6 Å². The van der Waals surface area contributed by atoms with Gasteiger partial charge in [0.1, 0.15) is 5.82 Å². The molecule has 0 amide bonds. The van der Waals surface area contributed by atoms with Crippen LogP contribution in [0.3, 0.4) is 0 Å². The number of halogens is 3. The van der Waals surface area contributed by atoms with Crippen LogP contribution in [0.15, 0.2) is 53.1 Å². The van der Waals surface area contributed by atoms with Crippen LogP contribution in [0.25, 0.3) is 16.9 Å². The van der Waals surface area contributed by atoms with Crippen LogP contribution in [0.5, 0.6) is 0 Å². The molecule has 22 heavy (non-hydrogen) atoms. The Morgan fingerprint density at radius 1 is 1.18 bits per heavy atom. The highest BCUT2D eigenvalue weighted by atomic mass is 79.9. The number of nitrogens with zero attached hydrogens (tertiary/aromatic N) is 2. The zero-order valence-electron chi connectivity index (χ0n) is 11.3. The van der Waals surface area contributed by atoms with Crippen molar-refractivity contribution in [1.29, 1.82) is 0 Å². The molecule has 3 aromatic rings. The summed E-state index contributed by atoms with van der Waals surface area (Å²) in [6, 6.07) is 12.0. The van der Waals surface area contributed by atoms with E-state index >= 15 is 0 Å². The molecule has 0 atom stereocenters. The highest BCUT2D eigenvalue weighted by Crippen LogP contribution is 2.26. The van der Waals surface area contributed by atoms with Gasteiger partial charge in [-0.2, -0.15) is 5.10 Å². The van der Waals surface area contributed by atoms with E-state index in [9.17, 15) is 9.50 Å². The normalized spacial score (nSPS) is 10.9. The minimum absolute atomic E-state index is 0.0312. The summed E-state index contributed by atoms with van der Waals surface area (Å²) in [5, 5.41) is 14.1. The van der Waals surface area contributed by atoms with Crippen LogP contribution in [0, 0.1) is 5.82 Å². The largest absolute Gasteiger partial charge is 0.392 e. The fraction of sp³-hybridized carbons (Fsp3) is 0.0625. The molecule has 6 heteroatoms. The summed E-state index contributed by atoms with van der Waals surface area (Å²) in [5.74, 6) is -0.479. The summed E-state index contributed by atoms with van der Waals surface area (Å²) >= 11 is 9.19. The quantitative estimate of drug-likeness (QED) is 0.721. The molecule has 0 radical (unpaired) electrons. The number of hydrogen-bond donors (Lipinski definition) is 1. The molecule has 0 unspecified atom stereocenters. The van der Waals surface area contributed by atoms with Gasteiger partial charge >= 0.3 is 0 Å². The van der Waals surface area contributed by atoms with Gasteiger partial charge in [0, 0.05) is 21.8 Å². The number of aromatic nitrogens is 2. The van der Waals surface area contributed by atoms with Gasteiger partial charge in [0.2, 0.25) is 0 Å². The van der Waals surface area contributed by atoms with Crippen molar-refractivity contribution in [3.05, 3.63) is 69.5 Å². The first-order valence-corrected chi connectivity index (χ1v) is 7.66. The first kappa shape index (κ1) is 15.2. The van der Waals surface area contributed by atoms with Crippen LogP contribution >= 0.6 is 27.5 Å². The Kier molecular flexibility index (Phi) is 4.29. The SMILES string of the molecule is OCc1cn(-c2ccc(F)c(Cl)c2)nc1-c1ccc(Br)cc1. The lowest BCUT2D eigenvalue weighted by atomic mass is 10.1. The molecular formula is C16H11BrClFN2O. The van der Waals surface area contributed by atoms with Crippen LogP contribution in [0.2, 0.25) is 5.02 Å². The van der Waals surface area contributed by atoms with Crippen molar-refractivity contribution in [3.8, 4) is 16.9 Å². The third-order valence-electron chi connectivity index (χ3n) is 3.25. The highest BCUT2D eigenvalue weighted by Gasteiger charge is 2.12. The molecule has 0 aliphatic carbocycles. The lowest BCUT2D eigenvalue weighted by molar-refractivity contribution is 0.282. The summed E-state index contributed by atoms with van der Waals surface area (Å²) in [4.78, 5) is 0. The topological polar surface area (TPSA) is 38.0 Å². The van der Waals surface area contributed by atoms with Crippen molar-refractivity contribution >= 4 is 27.5 Å². The molecule has 1 aromatic heterocycles. The first-order valence-electron chi connectivity index (χ1n) is 6.49. The maximum Gasteiger partial charge on any atom is 0.141 e. The zero-order chi connectivity index (χ0) is 15.7. The lowest BCUT2D eigenvalue weighted by Crippen LogP contribution is -1.95. The standard InChI is InChI=1S/C16H11BrClFN2O/c17-12-3-1-10(2-4-12)16-11(9-22)8-21(20-16)13-5-6-15(19)14(18)7-13/h1-8,22H,9H2. The first-order chi connectivity index (χ1) is 10.6. The monoisotopic (exact) mass is 380 g/mol. The molecule has 112 valence electrons. The summed E-state index contributed by atoms with van der Waals surface area (Å²) in [5.41, 5.74) is 2.88. The van der Waals surface area contributed by atoms with Crippen molar-refractivity contribution < 1.29 is 9.50 Å². The molecule has 0 fully saturated rings. The predicted molar refractivity (Wildman–Crippen MR) is 87.6 cm³/mol. The molecule has 3 rings (SSSR count). The van der Waals surface area contributed by atoms with Crippen molar-refractivity contribution in [2.24, 2.45) is 0 Å². The summed E-state index contributed by atoms with van der Waals surface area (Å²) in [7, 11) is 0. The van der Waals surface area contributed by atoms with Gasteiger partial charge in [0.25, 0.3) is 0 Å². The maximum absolute atomic E-state index is 13.3. The van der Waals surface area contributed by atoms with Crippen LogP contribution < -0.4 is 0 Å². The van der Waals surface area contributed by atoms with Gasteiger partial charge in [-0.15, -0.1) is 0 Å². The molecular weight excluding hydrogens is 371 g/mol. The van der Waals surface area contributed by atoms with E-state index in [1.165, 1.54) is 12.1 Å². The Bertz CT molecular complexity index is 818. The Balaban J connectivity index is 2.07. The minimum atomic E-state index is -0.479. The Morgan fingerprint density at radius 2 is 1.91 bits per heavy atom. The zero-order valence-corrected chi connectivity index (χ0v) is 13.6. The Labute approximate surface area is 140 Å². The van der Waals surface area contributed by atoms with Crippen molar-refractivity contribution in [3.63, 3.8) is 0 Å². The lowest BCUT2D eigenvalue weighted by Gasteiger charge is -2.02. The van der Waals surface area contributed by atoms with Crippen LogP contribution in [-0.2, 0) is 6.61 Å². The van der Waals surface area contributed by atoms with E-state index in [0.717, 1.165) is 10.0 Å². The number of benzene rings is 2. The van der Waals surface area contributed by atoms with Crippen molar-refractivity contribution in [1.82, 2.24) is 9.78 Å². The molecule has 1 N–H and O–H groups in total. The summed E-state index contributed by atoms with van der Waals surface area (Å²) in [6.07, 6.45) is 1.71. The van der Waals surface area contributed by atoms with Gasteiger partial charge in [-0.25, -0.2) is 9.07 Å². The van der Waals surface area contributed by atoms with E-state index in [0.29, 0.717) is 16.9 Å². The second kappa shape index (κ2) is 6.20. The molecule has 3 nitrogen and oxygen atoms in total. The van der Waals surface area contributed by atoms with Crippen LogP contribution in [-0.4, -0.2) is 14.9 Å². The van der Waals surface area contributed by atoms with Gasteiger partial charge in [0.05, 0.1) is 23.0 Å². The number of aliphatic hydroxyl groups excluding tert-OH is 1. The average molecular weight is 382 g/mol. The third-order valence-corrected chi connectivity index (χ3v) is 4.06. The van der Waals surface area contributed by atoms with E-state index in [1.807, 2.05) is 24.3 Å². The fourth-order valence-electron chi connectivity index (χ4n) is 2.14. The fourth-order valence-corrected chi connectivity index (χ4v) is 2.58. The second-order valence-electron chi connectivity index (χ2n) is 4.71. The van der Waals surface area contributed by atoms with Crippen molar-refractivity contribution in [2.75, 3.05) is 0 Å². The molecule has 1 heterocycles. The molecule has 0 spiro atoms. The second-order valence-corrected chi connectivity index (χ2v) is 6.03. The van der Waals surface area contributed by atoms with Gasteiger partial charge in [0.15, 0.2) is 0 Å². The molecule has 0 saturated heterocycles. The van der Waals surface area contributed by atoms with Crippen LogP contribution in [0.4, 0.5) is 4.39 Å². The van der Waals surface area contributed by atoms with Crippen LogP contribution in [0.1, 0.15) is 5.56 Å². The molecule has 0 bridgehead atoms. The van der Waals surface area contributed by atoms with E-state index in [2.05, 4.69) is 21.0 Å². The molecule has 0 aliphatic heterocycles. The van der Waals surface area contributed by atoms with Gasteiger partial charge < -0.3 is 5.11 Å². The molecule has 0 aliphatic rings. The number of hydrogen-bond acceptors (Lipinski definition) is 2. The van der Waals surface area contributed by atoms with E-state index in [1.54, 1.807) is 16.9 Å². The maximum atomic E-state index is 13.3. The number of aliphatic hydroxyl groups is 1. The average Bonchev–Trinajstić information content (AvgIpc) is 2.95. The predicted octanol–water partition coefficient (Wildman–Crippen LogP) is 4.59. The van der Waals surface area contributed by atoms with Gasteiger partial charge in [-0.1, -0.05) is 39.7 Å². The Hall–Kier alpha value is -1.69. The van der Waals surface area contributed by atoms with E-state index in [4.69, 9.17) is 11.6 Å². The summed E-state index contributed by atoms with van der Waals surface area (Å²) < 4.78 is 15.8. The smallest absolute Gasteiger partial charge is 0.141 e. The minimum Gasteiger partial charge on any atom is -0.392 e. The Morgan fingerprint density at radius 3 is 2.55 bits per heavy atom. The summed E-state index contributed by atoms with van der Waals surface area (Å²) in [6.45, 7) is -0.139. The van der Waals surface area contributed by atoms with Crippen molar-refractivity contribution in [2.45, 2.75) is 6.61 Å². The van der Waals surface area contributed by atoms with E-state index < -0.39 is 5.82 Å².